The molecule has 0 heterocycles. The van der Waals surface area contributed by atoms with Gasteiger partial charge in [-0.1, -0.05) is 12.1 Å². The summed E-state index contributed by atoms with van der Waals surface area (Å²) in [7, 11) is -2.61. The number of benzene rings is 2. The standard InChI is InChI=1S/C15H16FNO4S/c1-3-21-14-7-5-4-6-13(14)17-22(18,19)11-8-9-12(16)15(10-11)20-2/h4-10,17H,3H2,1-2H3. The highest BCUT2D eigenvalue weighted by Crippen LogP contribution is 2.28. The summed E-state index contributed by atoms with van der Waals surface area (Å²) in [5, 5.41) is 0. The molecule has 0 bridgehead atoms. The Hall–Kier alpha value is -2.28. The zero-order valence-corrected chi connectivity index (χ0v) is 13.0. The predicted molar refractivity (Wildman–Crippen MR) is 81.4 cm³/mol. The third-order valence-corrected chi connectivity index (χ3v) is 4.23. The van der Waals surface area contributed by atoms with E-state index in [1.165, 1.54) is 13.2 Å². The van der Waals surface area contributed by atoms with Gasteiger partial charge >= 0.3 is 0 Å². The van der Waals surface area contributed by atoms with Gasteiger partial charge in [-0.15, -0.1) is 0 Å². The Bertz CT molecular complexity index is 762. The van der Waals surface area contributed by atoms with Crippen LogP contribution in [0.5, 0.6) is 11.5 Å². The molecule has 7 heteroatoms. The van der Waals surface area contributed by atoms with Crippen LogP contribution in [0.2, 0.25) is 0 Å². The first kappa shape index (κ1) is 16.1. The third-order valence-electron chi connectivity index (χ3n) is 2.86. The lowest BCUT2D eigenvalue weighted by Crippen LogP contribution is -2.14. The van der Waals surface area contributed by atoms with E-state index in [0.717, 1.165) is 12.1 Å². The molecule has 0 aromatic heterocycles. The smallest absolute Gasteiger partial charge is 0.262 e. The lowest BCUT2D eigenvalue weighted by molar-refractivity contribution is 0.342. The fraction of sp³-hybridized carbons (Fsp3) is 0.200. The normalized spacial score (nSPS) is 11.0. The number of rotatable bonds is 6. The first-order valence-corrected chi connectivity index (χ1v) is 8.04. The van der Waals surface area contributed by atoms with Gasteiger partial charge in [-0.3, -0.25) is 4.72 Å². The number of nitrogens with one attached hydrogen (secondary N) is 1. The molecular formula is C15H16FNO4S. The van der Waals surface area contributed by atoms with Gasteiger partial charge in [0, 0.05) is 6.07 Å². The molecule has 0 unspecified atom stereocenters. The number of methoxy groups -OCH3 is 1. The van der Waals surface area contributed by atoms with Crippen LogP contribution in [0, 0.1) is 5.82 Å². The van der Waals surface area contributed by atoms with E-state index in [-0.39, 0.29) is 10.6 Å². The second-order valence-corrected chi connectivity index (χ2v) is 6.01. The highest BCUT2D eigenvalue weighted by atomic mass is 32.2. The molecule has 0 spiro atoms. The molecule has 0 saturated heterocycles. The molecule has 0 fully saturated rings. The highest BCUT2D eigenvalue weighted by molar-refractivity contribution is 7.92. The lowest BCUT2D eigenvalue weighted by atomic mass is 10.3. The van der Waals surface area contributed by atoms with Crippen molar-refractivity contribution in [3.63, 3.8) is 0 Å². The van der Waals surface area contributed by atoms with Gasteiger partial charge in [0.1, 0.15) is 5.75 Å². The van der Waals surface area contributed by atoms with Crippen molar-refractivity contribution >= 4 is 15.7 Å². The number of sulfonamides is 1. The van der Waals surface area contributed by atoms with Crippen LogP contribution in [0.3, 0.4) is 0 Å². The second-order valence-electron chi connectivity index (χ2n) is 4.33. The number of hydrogen-bond donors (Lipinski definition) is 1. The van der Waals surface area contributed by atoms with E-state index in [0.29, 0.717) is 18.0 Å². The zero-order valence-electron chi connectivity index (χ0n) is 12.2. The fourth-order valence-electron chi connectivity index (χ4n) is 1.84. The van der Waals surface area contributed by atoms with Crippen molar-refractivity contribution in [1.29, 1.82) is 0 Å². The van der Waals surface area contributed by atoms with Crippen molar-refractivity contribution < 1.29 is 22.3 Å². The minimum absolute atomic E-state index is 0.1000. The van der Waals surface area contributed by atoms with Gasteiger partial charge in [0.2, 0.25) is 0 Å². The van der Waals surface area contributed by atoms with E-state index in [2.05, 4.69) is 4.72 Å². The van der Waals surface area contributed by atoms with Crippen LogP contribution in [-0.2, 0) is 10.0 Å². The van der Waals surface area contributed by atoms with Crippen molar-refractivity contribution in [1.82, 2.24) is 0 Å². The van der Waals surface area contributed by atoms with Crippen molar-refractivity contribution in [3.05, 3.63) is 48.3 Å². The van der Waals surface area contributed by atoms with E-state index in [9.17, 15) is 12.8 Å². The number of halogens is 1. The molecule has 22 heavy (non-hydrogen) atoms. The molecule has 2 aromatic rings. The van der Waals surface area contributed by atoms with Gasteiger partial charge in [-0.2, -0.15) is 0 Å². The van der Waals surface area contributed by atoms with Gasteiger partial charge in [-0.25, -0.2) is 12.8 Å². The monoisotopic (exact) mass is 325 g/mol. The second kappa shape index (κ2) is 6.65. The summed E-state index contributed by atoms with van der Waals surface area (Å²) >= 11 is 0. The SMILES string of the molecule is CCOc1ccccc1NS(=O)(=O)c1ccc(F)c(OC)c1. The number of ether oxygens (including phenoxy) is 2. The summed E-state index contributed by atoms with van der Waals surface area (Å²) < 4.78 is 50.8. The molecule has 0 atom stereocenters. The van der Waals surface area contributed by atoms with Gasteiger partial charge in [-0.05, 0) is 31.2 Å². The largest absolute Gasteiger partial charge is 0.494 e. The maximum Gasteiger partial charge on any atom is 0.262 e. The van der Waals surface area contributed by atoms with Crippen molar-refractivity contribution in [2.75, 3.05) is 18.4 Å². The molecule has 5 nitrogen and oxygen atoms in total. The number of para-hydroxylation sites is 2. The molecule has 0 aliphatic carbocycles. The average molecular weight is 325 g/mol. The summed E-state index contributed by atoms with van der Waals surface area (Å²) in [5.74, 6) is -0.347. The molecule has 0 radical (unpaired) electrons. The van der Waals surface area contributed by atoms with Gasteiger partial charge in [0.05, 0.1) is 24.3 Å². The molecule has 2 rings (SSSR count). The minimum Gasteiger partial charge on any atom is -0.494 e. The molecular weight excluding hydrogens is 309 g/mol. The molecule has 0 amide bonds. The van der Waals surface area contributed by atoms with Gasteiger partial charge in [0.15, 0.2) is 11.6 Å². The van der Waals surface area contributed by atoms with Gasteiger partial charge < -0.3 is 9.47 Å². The number of hydrogen-bond acceptors (Lipinski definition) is 4. The number of anilines is 1. The summed E-state index contributed by atoms with van der Waals surface area (Å²) in [4.78, 5) is -0.1000. The van der Waals surface area contributed by atoms with Crippen molar-refractivity contribution in [2.24, 2.45) is 0 Å². The molecule has 2 aromatic carbocycles. The van der Waals surface area contributed by atoms with E-state index >= 15 is 0 Å². The molecule has 0 saturated carbocycles. The molecule has 1 N–H and O–H groups in total. The molecule has 0 aliphatic rings. The van der Waals surface area contributed by atoms with Crippen LogP contribution in [0.25, 0.3) is 0 Å². The Morgan fingerprint density at radius 3 is 2.55 bits per heavy atom. The minimum atomic E-state index is -3.88. The van der Waals surface area contributed by atoms with E-state index in [1.807, 2.05) is 0 Å². The first-order chi connectivity index (χ1) is 10.5. The Kier molecular flexibility index (Phi) is 4.87. The molecule has 118 valence electrons. The Labute approximate surface area is 128 Å². The summed E-state index contributed by atoms with van der Waals surface area (Å²) in [6, 6.07) is 10.0. The summed E-state index contributed by atoms with van der Waals surface area (Å²) in [5.41, 5.74) is 0.313. The molecule has 0 aliphatic heterocycles. The van der Waals surface area contributed by atoms with Crippen molar-refractivity contribution in [3.8, 4) is 11.5 Å². The average Bonchev–Trinajstić information content (AvgIpc) is 2.49. The lowest BCUT2D eigenvalue weighted by Gasteiger charge is -2.13. The predicted octanol–water partition coefficient (Wildman–Crippen LogP) is 3.03. The summed E-state index contributed by atoms with van der Waals surface area (Å²) in [6.07, 6.45) is 0. The highest BCUT2D eigenvalue weighted by Gasteiger charge is 2.18. The maximum absolute atomic E-state index is 13.4. The van der Waals surface area contributed by atoms with Crippen LogP contribution < -0.4 is 14.2 Å². The maximum atomic E-state index is 13.4. The zero-order chi connectivity index (χ0) is 16.2. The van der Waals surface area contributed by atoms with E-state index in [4.69, 9.17) is 9.47 Å². The topological polar surface area (TPSA) is 64.6 Å². The van der Waals surface area contributed by atoms with Crippen molar-refractivity contribution in [2.45, 2.75) is 11.8 Å². The Morgan fingerprint density at radius 2 is 1.86 bits per heavy atom. The Morgan fingerprint density at radius 1 is 1.14 bits per heavy atom. The van der Waals surface area contributed by atoms with Gasteiger partial charge in [0.25, 0.3) is 10.0 Å². The Balaban J connectivity index is 2.36. The van der Waals surface area contributed by atoms with Crippen LogP contribution in [0.1, 0.15) is 6.92 Å². The van der Waals surface area contributed by atoms with Crippen LogP contribution in [0.15, 0.2) is 47.4 Å². The van der Waals surface area contributed by atoms with Crippen LogP contribution in [0.4, 0.5) is 10.1 Å². The van der Waals surface area contributed by atoms with Crippen LogP contribution >= 0.6 is 0 Å². The quantitative estimate of drug-likeness (QED) is 0.886. The van der Waals surface area contributed by atoms with E-state index < -0.39 is 15.8 Å². The van der Waals surface area contributed by atoms with E-state index in [1.54, 1.807) is 31.2 Å². The first-order valence-electron chi connectivity index (χ1n) is 6.56. The third kappa shape index (κ3) is 3.48. The van der Waals surface area contributed by atoms with Crippen LogP contribution in [-0.4, -0.2) is 22.1 Å². The summed E-state index contributed by atoms with van der Waals surface area (Å²) in [6.45, 7) is 2.21. The fourth-order valence-corrected chi connectivity index (χ4v) is 2.93.